The average molecular weight is 733 g/mol. The SMILES string of the molecule is c1ccc(-c2ccc3c(c2)c2ccc(-c4ccccc4)cc2n3-c2cccc3c2sc2cc(-c4nc(-c5ccccc5)nc(-c5ccccc5)n4)ccc23)cc1. The van der Waals surface area contributed by atoms with Crippen LogP contribution in [0.2, 0.25) is 0 Å². The molecule has 0 atom stereocenters. The van der Waals surface area contributed by atoms with Gasteiger partial charge < -0.3 is 4.57 Å². The van der Waals surface area contributed by atoms with Crippen molar-refractivity contribution in [1.82, 2.24) is 19.5 Å². The Morgan fingerprint density at radius 1 is 0.321 bits per heavy atom. The first-order valence-electron chi connectivity index (χ1n) is 18.8. The molecule has 5 heteroatoms. The highest BCUT2D eigenvalue weighted by molar-refractivity contribution is 7.26. The molecule has 0 N–H and O–H groups in total. The van der Waals surface area contributed by atoms with Crippen LogP contribution in [-0.4, -0.2) is 19.5 Å². The first kappa shape index (κ1) is 32.2. The molecule has 0 amide bonds. The predicted octanol–water partition coefficient (Wildman–Crippen LogP) is 13.7. The second kappa shape index (κ2) is 13.3. The minimum Gasteiger partial charge on any atom is -0.308 e. The standard InChI is InChI=1S/C51H32N4S/c1-5-14-33(15-6-1)37-26-29-44-43(30-37)40-27-24-38(34-16-7-2-8-17-34)31-46(40)55(44)45-23-13-22-42-41-28-25-39(32-47(41)56-48(42)45)51-53-49(35-18-9-3-10-19-35)52-50(54-51)36-20-11-4-12-21-36/h1-32H. The van der Waals surface area contributed by atoms with Gasteiger partial charge in [0, 0.05) is 42.9 Å². The molecule has 0 aliphatic rings. The molecule has 0 radical (unpaired) electrons. The molecule has 8 aromatic carbocycles. The molecule has 0 saturated heterocycles. The summed E-state index contributed by atoms with van der Waals surface area (Å²) in [7, 11) is 0. The van der Waals surface area contributed by atoms with E-state index in [1.165, 1.54) is 69.9 Å². The third kappa shape index (κ3) is 5.48. The molecular formula is C51H32N4S. The van der Waals surface area contributed by atoms with Gasteiger partial charge in [-0.15, -0.1) is 11.3 Å². The van der Waals surface area contributed by atoms with Gasteiger partial charge in [0.2, 0.25) is 0 Å². The molecule has 0 bridgehead atoms. The summed E-state index contributed by atoms with van der Waals surface area (Å²) in [5.41, 5.74) is 11.2. The van der Waals surface area contributed by atoms with Crippen molar-refractivity contribution < 1.29 is 0 Å². The third-order valence-corrected chi connectivity index (χ3v) is 11.8. The second-order valence-corrected chi connectivity index (χ2v) is 15.1. The Morgan fingerprint density at radius 3 is 1.46 bits per heavy atom. The Balaban J connectivity index is 1.11. The Morgan fingerprint density at radius 2 is 0.839 bits per heavy atom. The van der Waals surface area contributed by atoms with Crippen LogP contribution in [0.15, 0.2) is 194 Å². The first-order valence-corrected chi connectivity index (χ1v) is 19.6. The van der Waals surface area contributed by atoms with Gasteiger partial charge in [0.25, 0.3) is 0 Å². The van der Waals surface area contributed by atoms with Gasteiger partial charge in [-0.05, 0) is 52.6 Å². The lowest BCUT2D eigenvalue weighted by Crippen LogP contribution is -1.99. The van der Waals surface area contributed by atoms with E-state index < -0.39 is 0 Å². The maximum Gasteiger partial charge on any atom is 0.164 e. The van der Waals surface area contributed by atoms with Crippen LogP contribution >= 0.6 is 11.3 Å². The molecule has 3 heterocycles. The molecule has 0 spiro atoms. The van der Waals surface area contributed by atoms with Crippen LogP contribution in [0.5, 0.6) is 0 Å². The summed E-state index contributed by atoms with van der Waals surface area (Å²) in [5, 5.41) is 4.92. The van der Waals surface area contributed by atoms with Crippen LogP contribution in [0.4, 0.5) is 0 Å². The summed E-state index contributed by atoms with van der Waals surface area (Å²) in [5.74, 6) is 1.97. The maximum absolute atomic E-state index is 5.03. The van der Waals surface area contributed by atoms with E-state index in [1.807, 2.05) is 72.0 Å². The zero-order valence-electron chi connectivity index (χ0n) is 30.2. The van der Waals surface area contributed by atoms with Gasteiger partial charge in [-0.1, -0.05) is 164 Å². The Kier molecular flexibility index (Phi) is 7.64. The number of fused-ring (bicyclic) bond motifs is 6. The van der Waals surface area contributed by atoms with Gasteiger partial charge in [0.15, 0.2) is 17.5 Å². The van der Waals surface area contributed by atoms with Crippen molar-refractivity contribution in [2.24, 2.45) is 0 Å². The molecule has 0 aliphatic heterocycles. The number of aromatic nitrogens is 4. The molecule has 11 aromatic rings. The summed E-state index contributed by atoms with van der Waals surface area (Å²) in [4.78, 5) is 15.0. The van der Waals surface area contributed by atoms with Crippen molar-refractivity contribution in [1.29, 1.82) is 0 Å². The highest BCUT2D eigenvalue weighted by Gasteiger charge is 2.19. The van der Waals surface area contributed by atoms with Crippen molar-refractivity contribution in [3.63, 3.8) is 0 Å². The lowest BCUT2D eigenvalue weighted by Gasteiger charge is -2.11. The summed E-state index contributed by atoms with van der Waals surface area (Å²) < 4.78 is 4.89. The number of hydrogen-bond donors (Lipinski definition) is 0. The summed E-state index contributed by atoms with van der Waals surface area (Å²) in [6, 6.07) is 68.7. The highest BCUT2D eigenvalue weighted by Crippen LogP contribution is 2.43. The van der Waals surface area contributed by atoms with Gasteiger partial charge in [0.1, 0.15) is 0 Å². The van der Waals surface area contributed by atoms with E-state index in [4.69, 9.17) is 15.0 Å². The van der Waals surface area contributed by atoms with Gasteiger partial charge in [-0.2, -0.15) is 0 Å². The first-order chi connectivity index (χ1) is 27.7. The van der Waals surface area contributed by atoms with Gasteiger partial charge >= 0.3 is 0 Å². The Bertz CT molecular complexity index is 3170. The zero-order chi connectivity index (χ0) is 37.0. The molecular weight excluding hydrogens is 701 g/mol. The van der Waals surface area contributed by atoms with Crippen molar-refractivity contribution >= 4 is 53.3 Å². The molecule has 11 rings (SSSR count). The number of thiophene rings is 1. The molecule has 0 fully saturated rings. The zero-order valence-corrected chi connectivity index (χ0v) is 31.0. The van der Waals surface area contributed by atoms with Crippen molar-refractivity contribution in [2.75, 3.05) is 0 Å². The molecule has 262 valence electrons. The fourth-order valence-electron chi connectivity index (χ4n) is 7.94. The summed E-state index contributed by atoms with van der Waals surface area (Å²) in [6.45, 7) is 0. The van der Waals surface area contributed by atoms with E-state index in [0.29, 0.717) is 17.5 Å². The lowest BCUT2D eigenvalue weighted by molar-refractivity contribution is 1.07. The summed E-state index contributed by atoms with van der Waals surface area (Å²) in [6.07, 6.45) is 0. The molecule has 0 aliphatic carbocycles. The number of hydrogen-bond acceptors (Lipinski definition) is 4. The van der Waals surface area contributed by atoms with Crippen LogP contribution in [0, 0.1) is 0 Å². The molecule has 3 aromatic heterocycles. The van der Waals surface area contributed by atoms with E-state index in [0.717, 1.165) is 16.7 Å². The number of benzene rings is 8. The largest absolute Gasteiger partial charge is 0.308 e. The van der Waals surface area contributed by atoms with Crippen LogP contribution in [-0.2, 0) is 0 Å². The minimum absolute atomic E-state index is 0.655. The molecule has 56 heavy (non-hydrogen) atoms. The normalized spacial score (nSPS) is 11.6. The predicted molar refractivity (Wildman–Crippen MR) is 234 cm³/mol. The van der Waals surface area contributed by atoms with E-state index in [1.54, 1.807) is 0 Å². The van der Waals surface area contributed by atoms with Crippen LogP contribution in [0.25, 0.3) is 104 Å². The molecule has 4 nitrogen and oxygen atoms in total. The van der Waals surface area contributed by atoms with E-state index >= 15 is 0 Å². The monoisotopic (exact) mass is 732 g/mol. The minimum atomic E-state index is 0.655. The van der Waals surface area contributed by atoms with Crippen LogP contribution in [0.3, 0.4) is 0 Å². The Labute approximate surface area is 327 Å². The van der Waals surface area contributed by atoms with Crippen LogP contribution < -0.4 is 0 Å². The van der Waals surface area contributed by atoms with Gasteiger partial charge in [-0.3, -0.25) is 0 Å². The van der Waals surface area contributed by atoms with Crippen molar-refractivity contribution in [3.05, 3.63) is 194 Å². The van der Waals surface area contributed by atoms with Gasteiger partial charge in [-0.25, -0.2) is 15.0 Å². The maximum atomic E-state index is 5.03. The number of nitrogens with zero attached hydrogens (tertiary/aromatic N) is 4. The Hall–Kier alpha value is -7.21. The third-order valence-electron chi connectivity index (χ3n) is 10.7. The topological polar surface area (TPSA) is 43.6 Å². The fraction of sp³-hybridized carbons (Fsp3) is 0. The molecule has 0 unspecified atom stereocenters. The molecule has 0 saturated carbocycles. The van der Waals surface area contributed by atoms with E-state index in [-0.39, 0.29) is 0 Å². The average Bonchev–Trinajstić information content (AvgIpc) is 3.82. The van der Waals surface area contributed by atoms with E-state index in [9.17, 15) is 0 Å². The van der Waals surface area contributed by atoms with Gasteiger partial charge in [0.05, 0.1) is 21.4 Å². The lowest BCUT2D eigenvalue weighted by atomic mass is 10.0. The fourth-order valence-corrected chi connectivity index (χ4v) is 9.18. The van der Waals surface area contributed by atoms with E-state index in [2.05, 4.69) is 138 Å². The smallest absolute Gasteiger partial charge is 0.164 e. The van der Waals surface area contributed by atoms with Crippen molar-refractivity contribution in [2.45, 2.75) is 0 Å². The van der Waals surface area contributed by atoms with Crippen molar-refractivity contribution in [3.8, 4) is 62.1 Å². The highest BCUT2D eigenvalue weighted by atomic mass is 32.1. The van der Waals surface area contributed by atoms with Crippen LogP contribution in [0.1, 0.15) is 0 Å². The quantitative estimate of drug-likeness (QED) is 0.171. The second-order valence-electron chi connectivity index (χ2n) is 14.0. The summed E-state index contributed by atoms with van der Waals surface area (Å²) >= 11 is 1.82. The number of rotatable bonds is 6.